The highest BCUT2D eigenvalue weighted by atomic mass is 15.2. The number of nitrogens with one attached hydrogen (secondary N) is 1. The van der Waals surface area contributed by atoms with Gasteiger partial charge < -0.3 is 5.32 Å². The lowest BCUT2D eigenvalue weighted by Gasteiger charge is -2.41. The van der Waals surface area contributed by atoms with E-state index in [9.17, 15) is 0 Å². The van der Waals surface area contributed by atoms with Gasteiger partial charge in [-0.15, -0.1) is 0 Å². The maximum Gasteiger partial charge on any atom is 0.0103 e. The first-order chi connectivity index (χ1) is 9.22. The number of rotatable bonds is 4. The van der Waals surface area contributed by atoms with E-state index in [1.807, 2.05) is 0 Å². The zero-order valence-corrected chi connectivity index (χ0v) is 12.9. The third-order valence-corrected chi connectivity index (χ3v) is 5.51. The van der Waals surface area contributed by atoms with Crippen LogP contribution in [-0.2, 0) is 0 Å². The lowest BCUT2D eigenvalue weighted by atomic mass is 9.79. The maximum absolute atomic E-state index is 3.59. The van der Waals surface area contributed by atoms with E-state index < -0.39 is 0 Å². The topological polar surface area (TPSA) is 15.3 Å². The molecule has 2 saturated carbocycles. The molecule has 1 aliphatic heterocycles. The summed E-state index contributed by atoms with van der Waals surface area (Å²) >= 11 is 0. The second-order valence-electron chi connectivity index (χ2n) is 7.71. The fourth-order valence-corrected chi connectivity index (χ4v) is 4.56. The van der Waals surface area contributed by atoms with Gasteiger partial charge in [-0.1, -0.05) is 13.8 Å². The molecule has 3 aliphatic rings. The molecule has 110 valence electrons. The number of nitrogens with zero attached hydrogens (tertiary/aromatic N) is 1. The van der Waals surface area contributed by atoms with Gasteiger partial charge in [-0.25, -0.2) is 0 Å². The molecule has 19 heavy (non-hydrogen) atoms. The van der Waals surface area contributed by atoms with Crippen molar-refractivity contribution in [2.75, 3.05) is 19.6 Å². The molecule has 2 nitrogen and oxygen atoms in total. The Labute approximate surface area is 119 Å². The molecular formula is C17H32N2. The Hall–Kier alpha value is -0.0800. The van der Waals surface area contributed by atoms with Gasteiger partial charge in [-0.05, 0) is 75.8 Å². The lowest BCUT2D eigenvalue weighted by Crippen LogP contribution is -2.46. The average molecular weight is 264 g/mol. The minimum Gasteiger partial charge on any atom is -0.316 e. The molecule has 0 aromatic carbocycles. The summed E-state index contributed by atoms with van der Waals surface area (Å²) in [5, 5.41) is 3.59. The quantitative estimate of drug-likeness (QED) is 0.838. The summed E-state index contributed by atoms with van der Waals surface area (Å²) in [6.07, 6.45) is 10.2. The van der Waals surface area contributed by atoms with Crippen molar-refractivity contribution in [2.45, 2.75) is 70.9 Å². The highest BCUT2D eigenvalue weighted by Crippen LogP contribution is 2.38. The molecule has 3 atom stereocenters. The fraction of sp³-hybridized carbons (Fsp3) is 1.00. The van der Waals surface area contributed by atoms with Gasteiger partial charge in [0.15, 0.2) is 0 Å². The molecule has 2 aliphatic carbocycles. The highest BCUT2D eigenvalue weighted by Gasteiger charge is 2.38. The van der Waals surface area contributed by atoms with E-state index in [1.165, 1.54) is 64.6 Å². The molecule has 0 bridgehead atoms. The smallest absolute Gasteiger partial charge is 0.0103 e. The van der Waals surface area contributed by atoms with Crippen LogP contribution in [0.25, 0.3) is 0 Å². The average Bonchev–Trinajstić information content (AvgIpc) is 3.20. The van der Waals surface area contributed by atoms with Gasteiger partial charge in [0, 0.05) is 18.6 Å². The van der Waals surface area contributed by atoms with Gasteiger partial charge in [0.2, 0.25) is 0 Å². The van der Waals surface area contributed by atoms with E-state index in [4.69, 9.17) is 0 Å². The van der Waals surface area contributed by atoms with Crippen LogP contribution in [-0.4, -0.2) is 36.6 Å². The second kappa shape index (κ2) is 6.13. The van der Waals surface area contributed by atoms with Crippen molar-refractivity contribution in [3.05, 3.63) is 0 Å². The summed E-state index contributed by atoms with van der Waals surface area (Å²) in [7, 11) is 0. The van der Waals surface area contributed by atoms with E-state index >= 15 is 0 Å². The summed E-state index contributed by atoms with van der Waals surface area (Å²) in [6, 6.07) is 1.85. The first-order valence-electron chi connectivity index (χ1n) is 8.69. The summed E-state index contributed by atoms with van der Waals surface area (Å²) < 4.78 is 0. The van der Waals surface area contributed by atoms with Gasteiger partial charge in [-0.2, -0.15) is 0 Å². The molecule has 0 spiro atoms. The molecule has 0 aromatic heterocycles. The molecular weight excluding hydrogens is 232 g/mol. The van der Waals surface area contributed by atoms with Gasteiger partial charge in [0.25, 0.3) is 0 Å². The minimum absolute atomic E-state index is 0.896. The van der Waals surface area contributed by atoms with E-state index in [2.05, 4.69) is 24.1 Å². The molecule has 2 heteroatoms. The third-order valence-electron chi connectivity index (χ3n) is 5.51. The molecule has 1 saturated heterocycles. The molecule has 3 unspecified atom stereocenters. The first kappa shape index (κ1) is 13.9. The Morgan fingerprint density at radius 2 is 1.68 bits per heavy atom. The Morgan fingerprint density at radius 1 is 0.947 bits per heavy atom. The van der Waals surface area contributed by atoms with Crippen molar-refractivity contribution in [1.82, 2.24) is 10.2 Å². The van der Waals surface area contributed by atoms with E-state index in [0.717, 1.165) is 29.8 Å². The zero-order valence-electron chi connectivity index (χ0n) is 12.9. The fourth-order valence-electron chi connectivity index (χ4n) is 4.56. The van der Waals surface area contributed by atoms with Crippen molar-refractivity contribution >= 4 is 0 Å². The maximum atomic E-state index is 3.59. The second-order valence-corrected chi connectivity index (χ2v) is 7.71. The summed E-state index contributed by atoms with van der Waals surface area (Å²) in [6.45, 7) is 8.83. The predicted molar refractivity (Wildman–Crippen MR) is 81.3 cm³/mol. The molecule has 0 radical (unpaired) electrons. The van der Waals surface area contributed by atoms with Crippen LogP contribution in [0.4, 0.5) is 0 Å². The number of piperidine rings is 1. The number of hydrogen-bond donors (Lipinski definition) is 1. The van der Waals surface area contributed by atoms with Crippen LogP contribution in [0, 0.1) is 17.8 Å². The Morgan fingerprint density at radius 3 is 2.26 bits per heavy atom. The van der Waals surface area contributed by atoms with Crippen LogP contribution in [0.15, 0.2) is 0 Å². The largest absolute Gasteiger partial charge is 0.316 e. The first-order valence-corrected chi connectivity index (χ1v) is 8.69. The van der Waals surface area contributed by atoms with Crippen molar-refractivity contribution in [2.24, 2.45) is 17.8 Å². The Bertz CT molecular complexity index is 271. The van der Waals surface area contributed by atoms with Gasteiger partial charge in [0.1, 0.15) is 0 Å². The highest BCUT2D eigenvalue weighted by molar-refractivity contribution is 4.93. The van der Waals surface area contributed by atoms with E-state index in [0.29, 0.717) is 0 Å². The van der Waals surface area contributed by atoms with Crippen molar-refractivity contribution in [3.8, 4) is 0 Å². The van der Waals surface area contributed by atoms with Gasteiger partial charge in [0.05, 0.1) is 0 Å². The molecule has 3 fully saturated rings. The Kier molecular flexibility index (Phi) is 4.48. The van der Waals surface area contributed by atoms with Crippen LogP contribution < -0.4 is 5.32 Å². The molecule has 1 N–H and O–H groups in total. The van der Waals surface area contributed by atoms with Crippen LogP contribution in [0.3, 0.4) is 0 Å². The van der Waals surface area contributed by atoms with Crippen molar-refractivity contribution < 1.29 is 0 Å². The van der Waals surface area contributed by atoms with Gasteiger partial charge in [-0.3, -0.25) is 4.90 Å². The summed E-state index contributed by atoms with van der Waals surface area (Å²) in [5.74, 6) is 2.81. The van der Waals surface area contributed by atoms with Crippen molar-refractivity contribution in [3.63, 3.8) is 0 Å². The lowest BCUT2D eigenvalue weighted by molar-refractivity contribution is 0.0819. The van der Waals surface area contributed by atoms with E-state index in [1.54, 1.807) is 0 Å². The summed E-state index contributed by atoms with van der Waals surface area (Å²) in [5.41, 5.74) is 0. The zero-order chi connectivity index (χ0) is 13.2. The van der Waals surface area contributed by atoms with Crippen LogP contribution in [0.2, 0.25) is 0 Å². The van der Waals surface area contributed by atoms with Crippen LogP contribution in [0.1, 0.15) is 58.8 Å². The van der Waals surface area contributed by atoms with E-state index in [-0.39, 0.29) is 0 Å². The molecule has 1 heterocycles. The van der Waals surface area contributed by atoms with Gasteiger partial charge >= 0.3 is 0 Å². The van der Waals surface area contributed by atoms with Crippen LogP contribution >= 0.6 is 0 Å². The summed E-state index contributed by atoms with van der Waals surface area (Å²) in [4.78, 5) is 2.93. The molecule has 0 aromatic rings. The molecule has 0 amide bonds. The molecule has 3 rings (SSSR count). The SMILES string of the molecule is CC1CC(C)CC(N(CC2CCCNC2)C2CC2)C1. The third kappa shape index (κ3) is 3.72. The van der Waals surface area contributed by atoms with Crippen molar-refractivity contribution in [1.29, 1.82) is 0 Å². The minimum atomic E-state index is 0.896. The normalized spacial score (nSPS) is 40.6. The predicted octanol–water partition coefficient (Wildman–Crippen LogP) is 3.28. The van der Waals surface area contributed by atoms with Crippen LogP contribution in [0.5, 0.6) is 0 Å². The number of hydrogen-bond acceptors (Lipinski definition) is 2. The Balaban J connectivity index is 1.59. The standard InChI is InChI=1S/C17H32N2/c1-13-8-14(2)10-17(9-13)19(16-5-6-16)12-15-4-3-7-18-11-15/h13-18H,3-12H2,1-2H3. The monoisotopic (exact) mass is 264 g/mol.